The van der Waals surface area contributed by atoms with E-state index in [1.54, 1.807) is 0 Å². The first-order valence-electron chi connectivity index (χ1n) is 7.27. The lowest BCUT2D eigenvalue weighted by Crippen LogP contribution is -2.24. The molecule has 0 fully saturated rings. The van der Waals surface area contributed by atoms with Crippen molar-refractivity contribution in [1.82, 2.24) is 10.3 Å². The summed E-state index contributed by atoms with van der Waals surface area (Å²) in [5, 5.41) is 5.73. The van der Waals surface area contributed by atoms with Gasteiger partial charge in [-0.25, -0.2) is 4.98 Å². The third-order valence-electron chi connectivity index (χ3n) is 2.99. The average molecular weight is 272 g/mol. The van der Waals surface area contributed by atoms with E-state index in [-0.39, 0.29) is 5.60 Å². The molecule has 0 aliphatic carbocycles. The topological polar surface area (TPSA) is 34.2 Å². The predicted molar refractivity (Wildman–Crippen MR) is 84.1 cm³/mol. The number of nitrogens with one attached hydrogen (secondary N) is 1. The lowest BCUT2D eigenvalue weighted by atomic mass is 10.1. The molecular formula is C17H24N2O. The minimum atomic E-state index is -0.238. The number of hydrogen-bond donors (Lipinski definition) is 1. The van der Waals surface area contributed by atoms with Gasteiger partial charge in [-0.15, -0.1) is 0 Å². The van der Waals surface area contributed by atoms with Gasteiger partial charge in [0.05, 0.1) is 0 Å². The minimum Gasteiger partial charge on any atom is -0.471 e. The Hall–Kier alpha value is -1.61. The fourth-order valence-electron chi connectivity index (χ4n) is 2.14. The molecule has 1 aromatic carbocycles. The highest BCUT2D eigenvalue weighted by atomic mass is 16.5. The predicted octanol–water partition coefficient (Wildman–Crippen LogP) is 3.91. The number of ether oxygens (including phenoxy) is 1. The molecule has 2 aromatic rings. The van der Waals surface area contributed by atoms with Crippen LogP contribution in [0, 0.1) is 0 Å². The molecule has 0 aliphatic rings. The summed E-state index contributed by atoms with van der Waals surface area (Å²) in [6.07, 6.45) is 3.06. The van der Waals surface area contributed by atoms with E-state index >= 15 is 0 Å². The molecule has 0 aliphatic heterocycles. The molecule has 0 unspecified atom stereocenters. The van der Waals surface area contributed by atoms with Gasteiger partial charge >= 0.3 is 0 Å². The number of rotatable bonds is 5. The summed E-state index contributed by atoms with van der Waals surface area (Å²) >= 11 is 0. The van der Waals surface area contributed by atoms with E-state index in [1.807, 2.05) is 33.0 Å². The van der Waals surface area contributed by atoms with Crippen LogP contribution >= 0.6 is 0 Å². The number of benzene rings is 1. The number of nitrogens with zero attached hydrogens (tertiary/aromatic N) is 1. The van der Waals surface area contributed by atoms with Crippen molar-refractivity contribution in [2.24, 2.45) is 0 Å². The smallest absolute Gasteiger partial charge is 0.221 e. The lowest BCUT2D eigenvalue weighted by Gasteiger charge is -2.22. The number of pyridine rings is 1. The van der Waals surface area contributed by atoms with Crippen LogP contribution in [0.15, 0.2) is 30.5 Å². The van der Waals surface area contributed by atoms with Crippen molar-refractivity contribution in [2.75, 3.05) is 6.54 Å². The standard InChI is InChI=1S/C17H24N2O/c1-5-10-18-11-13-12-19-16(20-17(2,3)4)15-9-7-6-8-14(13)15/h6-9,12,18H,5,10-11H2,1-4H3. The highest BCUT2D eigenvalue weighted by molar-refractivity contribution is 5.89. The van der Waals surface area contributed by atoms with Crippen molar-refractivity contribution in [3.8, 4) is 5.88 Å². The van der Waals surface area contributed by atoms with Crippen molar-refractivity contribution in [1.29, 1.82) is 0 Å². The minimum absolute atomic E-state index is 0.238. The lowest BCUT2D eigenvalue weighted by molar-refractivity contribution is 0.126. The van der Waals surface area contributed by atoms with Gasteiger partial charge in [-0.3, -0.25) is 0 Å². The Kier molecular flexibility index (Phi) is 4.61. The summed E-state index contributed by atoms with van der Waals surface area (Å²) in [7, 11) is 0. The first kappa shape index (κ1) is 14.8. The van der Waals surface area contributed by atoms with E-state index in [9.17, 15) is 0 Å². The second-order valence-electron chi connectivity index (χ2n) is 6.03. The van der Waals surface area contributed by atoms with Gasteiger partial charge in [-0.2, -0.15) is 0 Å². The maximum Gasteiger partial charge on any atom is 0.221 e. The van der Waals surface area contributed by atoms with E-state index in [0.29, 0.717) is 5.88 Å². The molecule has 20 heavy (non-hydrogen) atoms. The molecule has 1 aromatic heterocycles. The van der Waals surface area contributed by atoms with E-state index < -0.39 is 0 Å². The van der Waals surface area contributed by atoms with E-state index in [2.05, 4.69) is 35.4 Å². The first-order chi connectivity index (χ1) is 9.51. The van der Waals surface area contributed by atoms with Crippen molar-refractivity contribution < 1.29 is 4.74 Å². The highest BCUT2D eigenvalue weighted by Crippen LogP contribution is 2.28. The summed E-state index contributed by atoms with van der Waals surface area (Å²) in [5.74, 6) is 0.715. The molecule has 0 saturated heterocycles. The van der Waals surface area contributed by atoms with Crippen LogP contribution in [-0.2, 0) is 6.54 Å². The third-order valence-corrected chi connectivity index (χ3v) is 2.99. The normalized spacial score (nSPS) is 11.8. The number of fused-ring (bicyclic) bond motifs is 1. The second kappa shape index (κ2) is 6.23. The van der Waals surface area contributed by atoms with Crippen LogP contribution < -0.4 is 10.1 Å². The van der Waals surface area contributed by atoms with E-state index in [1.165, 1.54) is 10.9 Å². The molecule has 0 bridgehead atoms. The van der Waals surface area contributed by atoms with Gasteiger partial charge in [0, 0.05) is 18.1 Å². The Labute approximate surface area is 121 Å². The maximum atomic E-state index is 5.96. The molecule has 3 nitrogen and oxygen atoms in total. The largest absolute Gasteiger partial charge is 0.471 e. The maximum absolute atomic E-state index is 5.96. The van der Waals surface area contributed by atoms with Gasteiger partial charge in [-0.05, 0) is 50.8 Å². The zero-order valence-corrected chi connectivity index (χ0v) is 12.9. The fourth-order valence-corrected chi connectivity index (χ4v) is 2.14. The van der Waals surface area contributed by atoms with Gasteiger partial charge in [-0.1, -0.05) is 25.1 Å². The molecule has 0 spiro atoms. The van der Waals surface area contributed by atoms with Crippen LogP contribution in [0.25, 0.3) is 10.8 Å². The molecule has 0 saturated carbocycles. The fraction of sp³-hybridized carbons (Fsp3) is 0.471. The van der Waals surface area contributed by atoms with Crippen molar-refractivity contribution in [3.63, 3.8) is 0 Å². The van der Waals surface area contributed by atoms with Crippen LogP contribution in [0.3, 0.4) is 0 Å². The number of aromatic nitrogens is 1. The van der Waals surface area contributed by atoms with Crippen molar-refractivity contribution in [3.05, 3.63) is 36.0 Å². The quantitative estimate of drug-likeness (QED) is 0.838. The molecule has 0 atom stereocenters. The van der Waals surface area contributed by atoms with Crippen LogP contribution in [-0.4, -0.2) is 17.1 Å². The molecule has 2 rings (SSSR count). The molecule has 1 heterocycles. The first-order valence-corrected chi connectivity index (χ1v) is 7.27. The zero-order chi connectivity index (χ0) is 14.6. The Morgan fingerprint density at radius 1 is 1.15 bits per heavy atom. The van der Waals surface area contributed by atoms with Gasteiger partial charge < -0.3 is 10.1 Å². The molecular weight excluding hydrogens is 248 g/mol. The number of hydrogen-bond acceptors (Lipinski definition) is 3. The summed E-state index contributed by atoms with van der Waals surface area (Å²) < 4.78 is 5.96. The SMILES string of the molecule is CCCNCc1cnc(OC(C)(C)C)c2ccccc12. The van der Waals surface area contributed by atoms with Gasteiger partial charge in [0.2, 0.25) is 5.88 Å². The molecule has 3 heteroatoms. The molecule has 108 valence electrons. The van der Waals surface area contributed by atoms with Crippen LogP contribution in [0.5, 0.6) is 5.88 Å². The molecule has 0 radical (unpaired) electrons. The van der Waals surface area contributed by atoms with E-state index in [0.717, 1.165) is 24.9 Å². The average Bonchev–Trinajstić information content (AvgIpc) is 2.40. The van der Waals surface area contributed by atoms with E-state index in [4.69, 9.17) is 4.74 Å². The Morgan fingerprint density at radius 3 is 2.50 bits per heavy atom. The van der Waals surface area contributed by atoms with Gasteiger partial charge in [0.25, 0.3) is 0 Å². The summed E-state index contributed by atoms with van der Waals surface area (Å²) in [6.45, 7) is 10.2. The van der Waals surface area contributed by atoms with Crippen LogP contribution in [0.2, 0.25) is 0 Å². The summed E-state index contributed by atoms with van der Waals surface area (Å²) in [5.41, 5.74) is 0.980. The molecule has 1 N–H and O–H groups in total. The second-order valence-corrected chi connectivity index (χ2v) is 6.03. The van der Waals surface area contributed by atoms with Gasteiger partial charge in [0.15, 0.2) is 0 Å². The monoisotopic (exact) mass is 272 g/mol. The highest BCUT2D eigenvalue weighted by Gasteiger charge is 2.16. The summed E-state index contributed by atoms with van der Waals surface area (Å²) in [6, 6.07) is 8.30. The van der Waals surface area contributed by atoms with Crippen LogP contribution in [0.4, 0.5) is 0 Å². The Bertz CT molecular complexity index is 573. The zero-order valence-electron chi connectivity index (χ0n) is 12.9. The van der Waals surface area contributed by atoms with Crippen LogP contribution in [0.1, 0.15) is 39.7 Å². The summed E-state index contributed by atoms with van der Waals surface area (Å²) in [4.78, 5) is 4.51. The Morgan fingerprint density at radius 2 is 1.85 bits per heavy atom. The van der Waals surface area contributed by atoms with Crippen molar-refractivity contribution in [2.45, 2.75) is 46.3 Å². The third kappa shape index (κ3) is 3.70. The molecule has 0 amide bonds. The van der Waals surface area contributed by atoms with Crippen molar-refractivity contribution >= 4 is 10.8 Å². The van der Waals surface area contributed by atoms with Gasteiger partial charge in [0.1, 0.15) is 5.60 Å². The Balaban J connectivity index is 2.36.